The second-order valence-corrected chi connectivity index (χ2v) is 8.19. The molecule has 0 aliphatic heterocycles. The summed E-state index contributed by atoms with van der Waals surface area (Å²) < 4.78 is 14.5. The first kappa shape index (κ1) is 35.4. The number of carboxylic acids is 2. The molecule has 1 unspecified atom stereocenters. The van der Waals surface area contributed by atoms with E-state index in [0.29, 0.717) is 19.4 Å². The molecule has 0 rings (SSSR count). The van der Waals surface area contributed by atoms with Crippen molar-refractivity contribution in [2.75, 3.05) is 52.7 Å². The van der Waals surface area contributed by atoms with Crippen molar-refractivity contribution in [1.82, 2.24) is 21.3 Å². The summed E-state index contributed by atoms with van der Waals surface area (Å²) in [7, 11) is 0. The van der Waals surface area contributed by atoms with Crippen LogP contribution in [-0.2, 0) is 47.8 Å². The number of nitrogens with one attached hydrogen (secondary N) is 4. The Morgan fingerprint density at radius 3 is 1.87 bits per heavy atom. The second kappa shape index (κ2) is 22.4. The van der Waals surface area contributed by atoms with Crippen LogP contribution in [0.5, 0.6) is 0 Å². The van der Waals surface area contributed by atoms with Crippen LogP contribution in [0.15, 0.2) is 0 Å². The van der Waals surface area contributed by atoms with E-state index >= 15 is 0 Å². The van der Waals surface area contributed by atoms with Crippen molar-refractivity contribution in [2.45, 2.75) is 51.5 Å². The average molecular weight is 563 g/mol. The van der Waals surface area contributed by atoms with Crippen molar-refractivity contribution >= 4 is 41.5 Å². The summed E-state index contributed by atoms with van der Waals surface area (Å²) in [4.78, 5) is 81.0. The standard InChI is InChI=1S/C23H38N4O12/c1-2-3-6-9-37-11-19(30)25-10-17(28)27-23(36)16(26-20(31)13-39-15-22(34)35)7-4-5-8-24-18(29)12-38-14-21(32)33/h16H,2-15H2,1H3,(H,24,29)(H,25,30)(H,26,31)(H,32,33)(H,34,35)(H,27,28,36). The third-order valence-electron chi connectivity index (χ3n) is 4.64. The molecule has 0 aromatic heterocycles. The highest BCUT2D eigenvalue weighted by Gasteiger charge is 2.22. The van der Waals surface area contributed by atoms with E-state index in [0.717, 1.165) is 19.3 Å². The number of carbonyl (C=O) groups is 7. The summed E-state index contributed by atoms with van der Waals surface area (Å²) in [5.41, 5.74) is 0. The molecule has 0 spiro atoms. The molecule has 222 valence electrons. The molecule has 0 bridgehead atoms. The Bertz CT molecular complexity index is 821. The van der Waals surface area contributed by atoms with Crippen LogP contribution in [0, 0.1) is 0 Å². The predicted octanol–water partition coefficient (Wildman–Crippen LogP) is -2.07. The minimum Gasteiger partial charge on any atom is -0.480 e. The van der Waals surface area contributed by atoms with Gasteiger partial charge in [-0.1, -0.05) is 19.8 Å². The number of carboxylic acid groups (broad SMARTS) is 2. The zero-order valence-corrected chi connectivity index (χ0v) is 22.0. The largest absolute Gasteiger partial charge is 0.480 e. The van der Waals surface area contributed by atoms with Crippen LogP contribution in [0.1, 0.15) is 45.4 Å². The lowest BCUT2D eigenvalue weighted by Crippen LogP contribution is -2.51. The number of amides is 5. The van der Waals surface area contributed by atoms with Crippen LogP contribution >= 0.6 is 0 Å². The highest BCUT2D eigenvalue weighted by atomic mass is 16.5. The number of ether oxygens (including phenoxy) is 3. The van der Waals surface area contributed by atoms with Crippen molar-refractivity contribution in [3.8, 4) is 0 Å². The summed E-state index contributed by atoms with van der Waals surface area (Å²) in [6.07, 6.45) is 3.50. The minimum atomic E-state index is -1.29. The van der Waals surface area contributed by atoms with Gasteiger partial charge in [0, 0.05) is 13.2 Å². The van der Waals surface area contributed by atoms with Gasteiger partial charge in [-0.15, -0.1) is 0 Å². The van der Waals surface area contributed by atoms with Crippen LogP contribution in [0.4, 0.5) is 0 Å². The first-order valence-electron chi connectivity index (χ1n) is 12.4. The highest BCUT2D eigenvalue weighted by Crippen LogP contribution is 2.02. The molecule has 0 saturated heterocycles. The number of unbranched alkanes of at least 4 members (excludes halogenated alkanes) is 3. The Kier molecular flexibility index (Phi) is 20.3. The molecule has 0 heterocycles. The van der Waals surface area contributed by atoms with Gasteiger partial charge < -0.3 is 40.4 Å². The molecule has 0 fully saturated rings. The van der Waals surface area contributed by atoms with E-state index in [2.05, 4.69) is 30.7 Å². The number of rotatable bonds is 23. The Morgan fingerprint density at radius 2 is 1.26 bits per heavy atom. The van der Waals surface area contributed by atoms with E-state index in [-0.39, 0.29) is 19.6 Å². The number of hydrogen-bond acceptors (Lipinski definition) is 10. The van der Waals surface area contributed by atoms with Gasteiger partial charge in [-0.05, 0) is 25.7 Å². The molecule has 0 aromatic rings. The molecular formula is C23H38N4O12. The monoisotopic (exact) mass is 562 g/mol. The van der Waals surface area contributed by atoms with Crippen molar-refractivity contribution in [2.24, 2.45) is 0 Å². The lowest BCUT2D eigenvalue weighted by atomic mass is 10.1. The van der Waals surface area contributed by atoms with E-state index in [1.165, 1.54) is 0 Å². The Balaban J connectivity index is 4.62. The molecule has 16 nitrogen and oxygen atoms in total. The maximum absolute atomic E-state index is 12.6. The normalized spacial score (nSPS) is 11.2. The van der Waals surface area contributed by atoms with E-state index in [4.69, 9.17) is 14.9 Å². The summed E-state index contributed by atoms with van der Waals surface area (Å²) >= 11 is 0. The Hall–Kier alpha value is -3.63. The van der Waals surface area contributed by atoms with Gasteiger partial charge in [-0.25, -0.2) is 9.59 Å². The zero-order chi connectivity index (χ0) is 29.5. The molecule has 5 amide bonds. The predicted molar refractivity (Wildman–Crippen MR) is 132 cm³/mol. The van der Waals surface area contributed by atoms with Crippen LogP contribution < -0.4 is 21.3 Å². The van der Waals surface area contributed by atoms with Gasteiger partial charge in [0.05, 0.1) is 6.54 Å². The van der Waals surface area contributed by atoms with Gasteiger partial charge >= 0.3 is 11.9 Å². The third kappa shape index (κ3) is 22.1. The average Bonchev–Trinajstić information content (AvgIpc) is 2.86. The van der Waals surface area contributed by atoms with Crippen LogP contribution in [-0.4, -0.2) is 110 Å². The molecule has 39 heavy (non-hydrogen) atoms. The topological polar surface area (TPSA) is 236 Å². The molecule has 0 saturated carbocycles. The lowest BCUT2D eigenvalue weighted by molar-refractivity contribution is -0.145. The van der Waals surface area contributed by atoms with Gasteiger partial charge in [0.1, 0.15) is 39.1 Å². The molecule has 16 heteroatoms. The Morgan fingerprint density at radius 1 is 0.667 bits per heavy atom. The smallest absolute Gasteiger partial charge is 0.329 e. The van der Waals surface area contributed by atoms with Crippen LogP contribution in [0.3, 0.4) is 0 Å². The fourth-order valence-electron chi connectivity index (χ4n) is 2.84. The number of aliphatic carboxylic acids is 2. The van der Waals surface area contributed by atoms with Crippen molar-refractivity contribution < 1.29 is 58.0 Å². The van der Waals surface area contributed by atoms with Gasteiger partial charge in [-0.2, -0.15) is 0 Å². The molecule has 1 atom stereocenters. The van der Waals surface area contributed by atoms with Gasteiger partial charge in [0.25, 0.3) is 0 Å². The minimum absolute atomic E-state index is 0.0487. The molecule has 0 aliphatic carbocycles. The third-order valence-corrected chi connectivity index (χ3v) is 4.64. The molecule has 0 aliphatic rings. The summed E-state index contributed by atoms with van der Waals surface area (Å²) in [5.74, 6) is -6.04. The van der Waals surface area contributed by atoms with E-state index in [1.807, 2.05) is 6.92 Å². The molecule has 6 N–H and O–H groups in total. The second-order valence-electron chi connectivity index (χ2n) is 8.19. The van der Waals surface area contributed by atoms with Gasteiger partial charge in [-0.3, -0.25) is 29.3 Å². The van der Waals surface area contributed by atoms with Gasteiger partial charge in [0.2, 0.25) is 29.5 Å². The summed E-state index contributed by atoms with van der Waals surface area (Å²) in [5, 5.41) is 26.3. The Labute approximate surface area is 225 Å². The fourth-order valence-corrected chi connectivity index (χ4v) is 2.84. The van der Waals surface area contributed by atoms with E-state index < -0.39 is 80.5 Å². The summed E-state index contributed by atoms with van der Waals surface area (Å²) in [6.45, 7) is -0.533. The van der Waals surface area contributed by atoms with Crippen molar-refractivity contribution in [1.29, 1.82) is 0 Å². The first-order valence-corrected chi connectivity index (χ1v) is 12.4. The molecule has 0 aromatic carbocycles. The SMILES string of the molecule is CCCCCOCC(=O)NCC(=O)NC(=O)C(CCCCNC(=O)COCC(=O)O)NC(=O)COCC(=O)O. The lowest BCUT2D eigenvalue weighted by Gasteiger charge is -2.18. The maximum atomic E-state index is 12.6. The number of carbonyl (C=O) groups excluding carboxylic acids is 5. The quantitative estimate of drug-likeness (QED) is 0.0737. The van der Waals surface area contributed by atoms with Gasteiger partial charge in [0.15, 0.2) is 0 Å². The fraction of sp³-hybridized carbons (Fsp3) is 0.696. The maximum Gasteiger partial charge on any atom is 0.329 e. The first-order chi connectivity index (χ1) is 18.5. The van der Waals surface area contributed by atoms with Crippen molar-refractivity contribution in [3.05, 3.63) is 0 Å². The molecule has 0 radical (unpaired) electrons. The van der Waals surface area contributed by atoms with Crippen LogP contribution in [0.25, 0.3) is 0 Å². The number of hydrogen-bond donors (Lipinski definition) is 6. The molecular weight excluding hydrogens is 524 g/mol. The number of imide groups is 1. The highest BCUT2D eigenvalue weighted by molar-refractivity contribution is 6.00. The van der Waals surface area contributed by atoms with Crippen LogP contribution in [0.2, 0.25) is 0 Å². The zero-order valence-electron chi connectivity index (χ0n) is 22.0. The van der Waals surface area contributed by atoms with E-state index in [9.17, 15) is 33.6 Å². The van der Waals surface area contributed by atoms with E-state index in [1.54, 1.807) is 0 Å². The summed E-state index contributed by atoms with van der Waals surface area (Å²) in [6, 6.07) is -1.19. The van der Waals surface area contributed by atoms with Crippen molar-refractivity contribution in [3.63, 3.8) is 0 Å².